The predicted octanol–water partition coefficient (Wildman–Crippen LogP) is 2.54. The molecule has 0 bridgehead atoms. The van der Waals surface area contributed by atoms with Crippen molar-refractivity contribution in [1.29, 1.82) is 5.26 Å². The molecule has 122 valence electrons. The van der Waals surface area contributed by atoms with Crippen molar-refractivity contribution in [3.63, 3.8) is 0 Å². The number of nitrogens with one attached hydrogen (secondary N) is 2. The first-order chi connectivity index (χ1) is 11.6. The summed E-state index contributed by atoms with van der Waals surface area (Å²) >= 11 is 0. The van der Waals surface area contributed by atoms with Gasteiger partial charge in [-0.1, -0.05) is 30.3 Å². The molecule has 0 radical (unpaired) electrons. The van der Waals surface area contributed by atoms with Crippen LogP contribution in [0, 0.1) is 17.1 Å². The van der Waals surface area contributed by atoms with Gasteiger partial charge in [0.25, 0.3) is 0 Å². The van der Waals surface area contributed by atoms with Gasteiger partial charge in [-0.3, -0.25) is 9.59 Å². The molecule has 6 heteroatoms. The van der Waals surface area contributed by atoms with Crippen LogP contribution in [0.15, 0.2) is 48.5 Å². The second kappa shape index (κ2) is 8.44. The van der Waals surface area contributed by atoms with Gasteiger partial charge in [0.2, 0.25) is 11.8 Å². The Balaban J connectivity index is 1.90. The second-order valence-corrected chi connectivity index (χ2v) is 5.13. The van der Waals surface area contributed by atoms with Gasteiger partial charge in [0.05, 0.1) is 12.5 Å². The minimum atomic E-state index is -0.408. The normalized spacial score (nSPS) is 9.83. The fraction of sp³-hybridized carbons (Fsp3) is 0.167. The number of hydrogen-bond acceptors (Lipinski definition) is 3. The molecule has 5 nitrogen and oxygen atoms in total. The number of carbonyl (C=O) groups is 2. The third-order valence-corrected chi connectivity index (χ3v) is 3.25. The number of anilines is 1. The fourth-order valence-corrected chi connectivity index (χ4v) is 2.11. The standard InChI is InChI=1S/C18H16FN3O2/c19-16-7-2-1-5-14(16)11-18(24)21-12-13-4-3-6-15(10-13)22-17(23)8-9-20/h1-7,10H,8,11-12H2,(H,21,24)(H,22,23). The Labute approximate surface area is 139 Å². The molecule has 0 unspecified atom stereocenters. The van der Waals surface area contributed by atoms with Crippen molar-refractivity contribution in [3.8, 4) is 6.07 Å². The van der Waals surface area contributed by atoms with Crippen LogP contribution in [0.5, 0.6) is 0 Å². The van der Waals surface area contributed by atoms with E-state index in [0.29, 0.717) is 11.3 Å². The number of nitrogens with zero attached hydrogens (tertiary/aromatic N) is 1. The van der Waals surface area contributed by atoms with Crippen LogP contribution in [0.1, 0.15) is 17.5 Å². The van der Waals surface area contributed by atoms with Gasteiger partial charge in [-0.15, -0.1) is 0 Å². The lowest BCUT2D eigenvalue weighted by atomic mass is 10.1. The van der Waals surface area contributed by atoms with E-state index in [4.69, 9.17) is 5.26 Å². The van der Waals surface area contributed by atoms with Crippen molar-refractivity contribution >= 4 is 17.5 Å². The Hall–Kier alpha value is -3.20. The summed E-state index contributed by atoms with van der Waals surface area (Å²) in [5.41, 5.74) is 1.68. The average Bonchev–Trinajstić information content (AvgIpc) is 2.56. The molecule has 2 aromatic rings. The lowest BCUT2D eigenvalue weighted by molar-refractivity contribution is -0.120. The molecule has 2 rings (SSSR count). The Kier molecular flexibility index (Phi) is 6.03. The summed E-state index contributed by atoms with van der Waals surface area (Å²) in [5, 5.41) is 13.8. The highest BCUT2D eigenvalue weighted by Gasteiger charge is 2.08. The summed E-state index contributed by atoms with van der Waals surface area (Å²) in [4.78, 5) is 23.3. The van der Waals surface area contributed by atoms with Crippen LogP contribution in [-0.2, 0) is 22.6 Å². The van der Waals surface area contributed by atoms with E-state index in [2.05, 4.69) is 10.6 Å². The summed E-state index contributed by atoms with van der Waals surface area (Å²) in [5.74, 6) is -1.09. The summed E-state index contributed by atoms with van der Waals surface area (Å²) in [7, 11) is 0. The van der Waals surface area contributed by atoms with E-state index in [9.17, 15) is 14.0 Å². The molecule has 0 aliphatic heterocycles. The first-order valence-electron chi connectivity index (χ1n) is 7.34. The number of carbonyl (C=O) groups excluding carboxylic acids is 2. The fourth-order valence-electron chi connectivity index (χ4n) is 2.11. The van der Waals surface area contributed by atoms with Crippen LogP contribution >= 0.6 is 0 Å². The number of rotatable bonds is 6. The molecule has 0 spiro atoms. The zero-order valence-electron chi connectivity index (χ0n) is 12.9. The summed E-state index contributed by atoms with van der Waals surface area (Å²) in [6.45, 7) is 0.259. The van der Waals surface area contributed by atoms with Gasteiger partial charge in [-0.25, -0.2) is 4.39 Å². The van der Waals surface area contributed by atoms with Gasteiger partial charge in [-0.2, -0.15) is 5.26 Å². The van der Waals surface area contributed by atoms with E-state index in [1.54, 1.807) is 48.5 Å². The molecule has 0 saturated heterocycles. The van der Waals surface area contributed by atoms with Gasteiger partial charge >= 0.3 is 0 Å². The zero-order valence-corrected chi connectivity index (χ0v) is 12.9. The second-order valence-electron chi connectivity index (χ2n) is 5.13. The predicted molar refractivity (Wildman–Crippen MR) is 87.3 cm³/mol. The zero-order chi connectivity index (χ0) is 17.4. The number of halogens is 1. The minimum Gasteiger partial charge on any atom is -0.352 e. The monoisotopic (exact) mass is 325 g/mol. The SMILES string of the molecule is N#CCC(=O)Nc1cccc(CNC(=O)Cc2ccccc2F)c1. The van der Waals surface area contributed by atoms with Crippen molar-refractivity contribution in [2.75, 3.05) is 5.32 Å². The van der Waals surface area contributed by atoms with Crippen molar-refractivity contribution in [2.45, 2.75) is 19.4 Å². The van der Waals surface area contributed by atoms with Crippen LogP contribution in [-0.4, -0.2) is 11.8 Å². The van der Waals surface area contributed by atoms with Gasteiger partial charge in [-0.05, 0) is 29.3 Å². The van der Waals surface area contributed by atoms with Crippen molar-refractivity contribution in [1.82, 2.24) is 5.32 Å². The van der Waals surface area contributed by atoms with E-state index in [0.717, 1.165) is 5.56 Å². The lowest BCUT2D eigenvalue weighted by Gasteiger charge is -2.08. The average molecular weight is 325 g/mol. The van der Waals surface area contributed by atoms with Crippen LogP contribution in [0.4, 0.5) is 10.1 Å². The number of amides is 2. The molecule has 0 aromatic heterocycles. The van der Waals surface area contributed by atoms with E-state index in [-0.39, 0.29) is 25.3 Å². The quantitative estimate of drug-likeness (QED) is 0.856. The number of hydrogen-bond donors (Lipinski definition) is 2. The van der Waals surface area contributed by atoms with E-state index >= 15 is 0 Å². The van der Waals surface area contributed by atoms with E-state index in [1.165, 1.54) is 6.07 Å². The third-order valence-electron chi connectivity index (χ3n) is 3.25. The highest BCUT2D eigenvalue weighted by Crippen LogP contribution is 2.11. The summed E-state index contributed by atoms with van der Waals surface area (Å²) < 4.78 is 13.5. The highest BCUT2D eigenvalue weighted by molar-refractivity contribution is 5.92. The molecule has 0 saturated carbocycles. The van der Waals surface area contributed by atoms with Crippen molar-refractivity contribution < 1.29 is 14.0 Å². The first-order valence-corrected chi connectivity index (χ1v) is 7.34. The van der Waals surface area contributed by atoms with Crippen LogP contribution < -0.4 is 10.6 Å². The largest absolute Gasteiger partial charge is 0.352 e. The topological polar surface area (TPSA) is 82.0 Å². The Bertz CT molecular complexity index is 784. The van der Waals surface area contributed by atoms with Gasteiger partial charge in [0, 0.05) is 12.2 Å². The molecule has 0 atom stereocenters. The maximum absolute atomic E-state index is 13.5. The van der Waals surface area contributed by atoms with Crippen LogP contribution in [0.25, 0.3) is 0 Å². The van der Waals surface area contributed by atoms with Gasteiger partial charge in [0.1, 0.15) is 12.2 Å². The highest BCUT2D eigenvalue weighted by atomic mass is 19.1. The molecule has 2 aromatic carbocycles. The molecule has 2 amide bonds. The first kappa shape index (κ1) is 17.2. The van der Waals surface area contributed by atoms with Gasteiger partial charge in [0.15, 0.2) is 0 Å². The smallest absolute Gasteiger partial charge is 0.238 e. The molecule has 2 N–H and O–H groups in total. The summed E-state index contributed by atoms with van der Waals surface area (Å²) in [6.07, 6.45) is -0.255. The Morgan fingerprint density at radius 3 is 2.62 bits per heavy atom. The molecule has 0 heterocycles. The maximum Gasteiger partial charge on any atom is 0.238 e. The Morgan fingerprint density at radius 2 is 1.88 bits per heavy atom. The molecular formula is C18H16FN3O2. The number of nitriles is 1. The molecule has 0 aliphatic carbocycles. The summed E-state index contributed by atoms with van der Waals surface area (Å²) in [6, 6.07) is 14.8. The molecular weight excluding hydrogens is 309 g/mol. The van der Waals surface area contributed by atoms with Crippen LogP contribution in [0.2, 0.25) is 0 Å². The lowest BCUT2D eigenvalue weighted by Crippen LogP contribution is -2.25. The van der Waals surface area contributed by atoms with Crippen molar-refractivity contribution in [2.24, 2.45) is 0 Å². The third kappa shape index (κ3) is 5.21. The molecule has 0 aliphatic rings. The van der Waals surface area contributed by atoms with E-state index < -0.39 is 11.7 Å². The van der Waals surface area contributed by atoms with Gasteiger partial charge < -0.3 is 10.6 Å². The van der Waals surface area contributed by atoms with Crippen molar-refractivity contribution in [3.05, 3.63) is 65.5 Å². The number of benzene rings is 2. The molecule has 0 fully saturated rings. The maximum atomic E-state index is 13.5. The molecule has 24 heavy (non-hydrogen) atoms. The minimum absolute atomic E-state index is 0.0364. The van der Waals surface area contributed by atoms with Crippen LogP contribution in [0.3, 0.4) is 0 Å². The Morgan fingerprint density at radius 1 is 1.08 bits per heavy atom. The van der Waals surface area contributed by atoms with E-state index in [1.807, 2.05) is 0 Å².